The molecule has 0 aliphatic heterocycles. The van der Waals surface area contributed by atoms with E-state index in [9.17, 15) is 13.2 Å². The quantitative estimate of drug-likeness (QED) is 0.785. The van der Waals surface area contributed by atoms with Gasteiger partial charge in [0.1, 0.15) is 6.61 Å². The number of aryl methyl sites for hydroxylation is 1. The van der Waals surface area contributed by atoms with E-state index in [2.05, 4.69) is 0 Å². The largest absolute Gasteiger partial charge is 0.493 e. The van der Waals surface area contributed by atoms with E-state index >= 15 is 0 Å². The molecule has 2 aromatic carbocycles. The van der Waals surface area contributed by atoms with Crippen LogP contribution in [0.15, 0.2) is 42.5 Å². The van der Waals surface area contributed by atoms with Crippen LogP contribution in [0.25, 0.3) is 0 Å². The molecule has 22 heavy (non-hydrogen) atoms. The lowest BCUT2D eigenvalue weighted by atomic mass is 10.1. The van der Waals surface area contributed by atoms with Crippen molar-refractivity contribution < 1.29 is 22.6 Å². The van der Waals surface area contributed by atoms with Crippen molar-refractivity contribution in [2.45, 2.75) is 26.1 Å². The Morgan fingerprint density at radius 1 is 0.955 bits per heavy atom. The third-order valence-electron chi connectivity index (χ3n) is 3.28. The molecule has 0 spiro atoms. The molecule has 2 aromatic rings. The molecular weight excluding hydrogens is 293 g/mol. The molecule has 0 saturated carbocycles. The zero-order valence-electron chi connectivity index (χ0n) is 12.4. The maximum absolute atomic E-state index is 12.7. The van der Waals surface area contributed by atoms with Crippen molar-refractivity contribution in [1.82, 2.24) is 0 Å². The van der Waals surface area contributed by atoms with E-state index in [1.165, 1.54) is 13.2 Å². The Balaban J connectivity index is 2.13. The molecule has 0 amide bonds. The molecule has 2 rings (SSSR count). The minimum Gasteiger partial charge on any atom is -0.493 e. The summed E-state index contributed by atoms with van der Waals surface area (Å²) in [7, 11) is 1.53. The fraction of sp³-hybridized carbons (Fsp3) is 0.294. The van der Waals surface area contributed by atoms with E-state index in [1.807, 2.05) is 19.1 Å². The van der Waals surface area contributed by atoms with Crippen LogP contribution in [0.4, 0.5) is 13.2 Å². The van der Waals surface area contributed by atoms with Crippen LogP contribution in [0.3, 0.4) is 0 Å². The lowest BCUT2D eigenvalue weighted by molar-refractivity contribution is -0.137. The van der Waals surface area contributed by atoms with Crippen molar-refractivity contribution >= 4 is 0 Å². The molecule has 0 atom stereocenters. The number of rotatable bonds is 5. The third-order valence-corrected chi connectivity index (χ3v) is 3.28. The summed E-state index contributed by atoms with van der Waals surface area (Å²) in [6.45, 7) is 2.07. The number of benzene rings is 2. The Morgan fingerprint density at radius 3 is 2.36 bits per heavy atom. The van der Waals surface area contributed by atoms with E-state index < -0.39 is 11.7 Å². The van der Waals surface area contributed by atoms with Crippen molar-refractivity contribution in [3.8, 4) is 11.5 Å². The van der Waals surface area contributed by atoms with E-state index in [1.54, 1.807) is 12.1 Å². The highest BCUT2D eigenvalue weighted by Gasteiger charge is 2.30. The van der Waals surface area contributed by atoms with Gasteiger partial charge in [-0.2, -0.15) is 13.2 Å². The van der Waals surface area contributed by atoms with Gasteiger partial charge >= 0.3 is 6.18 Å². The SMILES string of the molecule is CCc1ccc(OCc2cccc(C(F)(F)F)c2)c(OC)c1. The van der Waals surface area contributed by atoms with Gasteiger partial charge in [0, 0.05) is 0 Å². The van der Waals surface area contributed by atoms with Crippen molar-refractivity contribution in [2.75, 3.05) is 7.11 Å². The van der Waals surface area contributed by atoms with Crippen LogP contribution in [0.1, 0.15) is 23.6 Å². The van der Waals surface area contributed by atoms with Crippen molar-refractivity contribution in [3.05, 3.63) is 59.2 Å². The molecule has 0 aliphatic rings. The van der Waals surface area contributed by atoms with Crippen molar-refractivity contribution in [2.24, 2.45) is 0 Å². The van der Waals surface area contributed by atoms with Gasteiger partial charge in [-0.3, -0.25) is 0 Å². The molecule has 0 radical (unpaired) electrons. The van der Waals surface area contributed by atoms with Crippen LogP contribution in [0.5, 0.6) is 11.5 Å². The molecule has 118 valence electrons. The first-order chi connectivity index (χ1) is 10.4. The maximum atomic E-state index is 12.7. The van der Waals surface area contributed by atoms with Gasteiger partial charge in [0.25, 0.3) is 0 Å². The van der Waals surface area contributed by atoms with Gasteiger partial charge in [0.05, 0.1) is 12.7 Å². The zero-order valence-corrected chi connectivity index (χ0v) is 12.4. The summed E-state index contributed by atoms with van der Waals surface area (Å²) in [6, 6.07) is 10.6. The van der Waals surface area contributed by atoms with E-state index in [-0.39, 0.29) is 6.61 Å². The van der Waals surface area contributed by atoms with E-state index in [4.69, 9.17) is 9.47 Å². The van der Waals surface area contributed by atoms with Crippen LogP contribution in [0.2, 0.25) is 0 Å². The minimum atomic E-state index is -4.35. The first kappa shape index (κ1) is 16.2. The summed E-state index contributed by atoms with van der Waals surface area (Å²) in [4.78, 5) is 0. The average molecular weight is 310 g/mol. The first-order valence-electron chi connectivity index (χ1n) is 6.90. The minimum absolute atomic E-state index is 0.0474. The molecule has 2 nitrogen and oxygen atoms in total. The fourth-order valence-electron chi connectivity index (χ4n) is 2.05. The second-order valence-corrected chi connectivity index (χ2v) is 4.83. The third kappa shape index (κ3) is 3.93. The summed E-state index contributed by atoms with van der Waals surface area (Å²) < 4.78 is 48.9. The van der Waals surface area contributed by atoms with Gasteiger partial charge in [-0.05, 0) is 41.8 Å². The Bertz CT molecular complexity index is 636. The van der Waals surface area contributed by atoms with Crippen LogP contribution < -0.4 is 9.47 Å². The van der Waals surface area contributed by atoms with Crippen molar-refractivity contribution in [3.63, 3.8) is 0 Å². The van der Waals surface area contributed by atoms with Crippen LogP contribution in [-0.2, 0) is 19.2 Å². The number of hydrogen-bond acceptors (Lipinski definition) is 2. The van der Waals surface area contributed by atoms with E-state index in [0.717, 1.165) is 24.1 Å². The molecule has 0 saturated heterocycles. The Hall–Kier alpha value is -2.17. The predicted octanol–water partition coefficient (Wildman–Crippen LogP) is 4.86. The zero-order chi connectivity index (χ0) is 16.2. The smallest absolute Gasteiger partial charge is 0.416 e. The Morgan fingerprint density at radius 2 is 1.73 bits per heavy atom. The average Bonchev–Trinajstić information content (AvgIpc) is 2.52. The molecule has 0 heterocycles. The lowest BCUT2D eigenvalue weighted by Crippen LogP contribution is -2.06. The van der Waals surface area contributed by atoms with Crippen molar-refractivity contribution in [1.29, 1.82) is 0 Å². The molecule has 0 N–H and O–H groups in total. The number of methoxy groups -OCH3 is 1. The summed E-state index contributed by atoms with van der Waals surface area (Å²) in [5.74, 6) is 1.09. The monoisotopic (exact) mass is 310 g/mol. The van der Waals surface area contributed by atoms with Gasteiger partial charge in [-0.1, -0.05) is 25.1 Å². The van der Waals surface area contributed by atoms with Gasteiger partial charge in [0.15, 0.2) is 11.5 Å². The van der Waals surface area contributed by atoms with Gasteiger partial charge < -0.3 is 9.47 Å². The van der Waals surface area contributed by atoms with Crippen LogP contribution >= 0.6 is 0 Å². The molecule has 0 aromatic heterocycles. The maximum Gasteiger partial charge on any atom is 0.416 e. The molecule has 0 bridgehead atoms. The number of hydrogen-bond donors (Lipinski definition) is 0. The van der Waals surface area contributed by atoms with Crippen LogP contribution in [0, 0.1) is 0 Å². The second-order valence-electron chi connectivity index (χ2n) is 4.83. The van der Waals surface area contributed by atoms with E-state index in [0.29, 0.717) is 17.1 Å². The number of halogens is 3. The summed E-state index contributed by atoms with van der Waals surface area (Å²) in [5.41, 5.74) is 0.876. The highest BCUT2D eigenvalue weighted by Crippen LogP contribution is 2.31. The first-order valence-corrected chi connectivity index (χ1v) is 6.90. The van der Waals surface area contributed by atoms with Gasteiger partial charge in [-0.25, -0.2) is 0 Å². The molecule has 0 unspecified atom stereocenters. The van der Waals surface area contributed by atoms with Crippen LogP contribution in [-0.4, -0.2) is 7.11 Å². The highest BCUT2D eigenvalue weighted by molar-refractivity contribution is 5.43. The normalized spacial score (nSPS) is 11.3. The van der Waals surface area contributed by atoms with Gasteiger partial charge in [-0.15, -0.1) is 0 Å². The predicted molar refractivity (Wildman–Crippen MR) is 78.1 cm³/mol. The molecular formula is C17H17F3O2. The summed E-state index contributed by atoms with van der Waals surface area (Å²) >= 11 is 0. The highest BCUT2D eigenvalue weighted by atomic mass is 19.4. The van der Waals surface area contributed by atoms with Gasteiger partial charge in [0.2, 0.25) is 0 Å². The standard InChI is InChI=1S/C17H17F3O2/c1-3-12-7-8-15(16(10-12)21-2)22-11-13-5-4-6-14(9-13)17(18,19)20/h4-10H,3,11H2,1-2H3. The molecule has 5 heteroatoms. The topological polar surface area (TPSA) is 18.5 Å². The fourth-order valence-corrected chi connectivity index (χ4v) is 2.05. The number of alkyl halides is 3. The summed E-state index contributed by atoms with van der Waals surface area (Å²) in [5, 5.41) is 0. The molecule has 0 aliphatic carbocycles. The number of ether oxygens (including phenoxy) is 2. The molecule has 0 fully saturated rings. The lowest BCUT2D eigenvalue weighted by Gasteiger charge is -2.13. The Labute approximate surface area is 127 Å². The summed E-state index contributed by atoms with van der Waals surface area (Å²) in [6.07, 6.45) is -3.49. The second kappa shape index (κ2) is 6.73. The Kier molecular flexibility index (Phi) is 4.96.